The topological polar surface area (TPSA) is 87.3 Å². The molecule has 3 heterocycles. The van der Waals surface area contributed by atoms with Gasteiger partial charge in [0.15, 0.2) is 5.78 Å². The summed E-state index contributed by atoms with van der Waals surface area (Å²) in [4.78, 5) is 36.9. The highest BCUT2D eigenvalue weighted by Gasteiger charge is 2.54. The smallest absolute Gasteiger partial charge is 0.234 e. The normalized spacial score (nSPS) is 29.3. The molecule has 2 unspecified atom stereocenters. The average Bonchev–Trinajstić information content (AvgIpc) is 3.17. The molecule has 1 aromatic rings. The Morgan fingerprint density at radius 2 is 2.00 bits per heavy atom. The Labute approximate surface area is 134 Å². The summed E-state index contributed by atoms with van der Waals surface area (Å²) in [5.41, 5.74) is 2.04. The molecule has 1 aromatic carbocycles. The molecule has 2 amide bonds. The molecule has 3 aliphatic rings. The summed E-state index contributed by atoms with van der Waals surface area (Å²) >= 11 is 0. The van der Waals surface area contributed by atoms with Gasteiger partial charge in [0.25, 0.3) is 0 Å². The van der Waals surface area contributed by atoms with Crippen molar-refractivity contribution in [3.8, 4) is 0 Å². The number of nitrogens with one attached hydrogen (secondary N) is 3. The summed E-state index contributed by atoms with van der Waals surface area (Å²) in [5.74, 6) is -0.625. The number of hydrogen-bond acceptors (Lipinski definition) is 5. The highest BCUT2D eigenvalue weighted by molar-refractivity contribution is 6.08. The van der Waals surface area contributed by atoms with Crippen LogP contribution < -0.4 is 16.0 Å². The Balaban J connectivity index is 1.65. The Morgan fingerprint density at radius 1 is 1.13 bits per heavy atom. The maximum Gasteiger partial charge on any atom is 0.234 e. The molecule has 0 radical (unpaired) electrons. The number of Topliss-reactive ketones (excluding diaryl/α,β-unsaturated/α-hetero) is 1. The van der Waals surface area contributed by atoms with E-state index in [0.717, 1.165) is 18.7 Å². The minimum atomic E-state index is -0.794. The highest BCUT2D eigenvalue weighted by Crippen LogP contribution is 2.40. The van der Waals surface area contributed by atoms with Crippen LogP contribution in [0.15, 0.2) is 18.2 Å². The Hall–Kier alpha value is -2.21. The lowest BCUT2D eigenvalue weighted by molar-refractivity contribution is -0.141. The fraction of sp³-hybridized carbons (Fsp3) is 0.471. The molecule has 0 aliphatic carbocycles. The lowest BCUT2D eigenvalue weighted by Crippen LogP contribution is -2.56. The van der Waals surface area contributed by atoms with Gasteiger partial charge in [0.05, 0.1) is 11.5 Å². The van der Waals surface area contributed by atoms with Crippen molar-refractivity contribution in [2.75, 3.05) is 18.4 Å². The van der Waals surface area contributed by atoms with E-state index in [1.807, 2.05) is 18.2 Å². The number of imide groups is 1. The van der Waals surface area contributed by atoms with E-state index in [-0.39, 0.29) is 17.6 Å². The maximum atomic E-state index is 13.0. The van der Waals surface area contributed by atoms with E-state index in [4.69, 9.17) is 0 Å². The van der Waals surface area contributed by atoms with Crippen LogP contribution in [0, 0.1) is 5.41 Å². The van der Waals surface area contributed by atoms with E-state index in [1.165, 1.54) is 5.56 Å². The number of carbonyl (C=O) groups excluding carboxylic acids is 3. The average molecular weight is 313 g/mol. The quantitative estimate of drug-likeness (QED) is 0.550. The lowest BCUT2D eigenvalue weighted by Gasteiger charge is -2.35. The number of rotatable bonds is 2. The molecule has 1 spiro atoms. The summed E-state index contributed by atoms with van der Waals surface area (Å²) in [6.07, 6.45) is 2.29. The maximum absolute atomic E-state index is 13.0. The first-order chi connectivity index (χ1) is 11.1. The van der Waals surface area contributed by atoms with E-state index < -0.39 is 11.5 Å². The summed E-state index contributed by atoms with van der Waals surface area (Å²) in [6, 6.07) is 5.14. The van der Waals surface area contributed by atoms with Gasteiger partial charge in [-0.15, -0.1) is 0 Å². The third-order valence-corrected chi connectivity index (χ3v) is 5.34. The largest absolute Gasteiger partial charge is 0.384 e. The first-order valence-corrected chi connectivity index (χ1v) is 8.09. The van der Waals surface area contributed by atoms with Gasteiger partial charge < -0.3 is 10.6 Å². The number of piperidine rings is 1. The van der Waals surface area contributed by atoms with Gasteiger partial charge in [-0.3, -0.25) is 19.7 Å². The molecule has 4 rings (SSSR count). The third-order valence-electron chi connectivity index (χ3n) is 5.34. The number of hydrogen-bond donors (Lipinski definition) is 3. The molecule has 23 heavy (non-hydrogen) atoms. The summed E-state index contributed by atoms with van der Waals surface area (Å²) in [7, 11) is 0. The predicted molar refractivity (Wildman–Crippen MR) is 84.2 cm³/mol. The van der Waals surface area contributed by atoms with Gasteiger partial charge in [-0.05, 0) is 37.4 Å². The van der Waals surface area contributed by atoms with Crippen molar-refractivity contribution >= 4 is 23.3 Å². The first-order valence-electron chi connectivity index (χ1n) is 8.09. The highest BCUT2D eigenvalue weighted by atomic mass is 16.2. The van der Waals surface area contributed by atoms with Crippen molar-refractivity contribution in [3.05, 3.63) is 29.3 Å². The lowest BCUT2D eigenvalue weighted by atomic mass is 9.71. The van der Waals surface area contributed by atoms with Gasteiger partial charge in [0, 0.05) is 24.2 Å². The predicted octanol–water partition coefficient (Wildman–Crippen LogP) is 0.622. The van der Waals surface area contributed by atoms with Gasteiger partial charge in [-0.2, -0.15) is 0 Å². The van der Waals surface area contributed by atoms with Crippen molar-refractivity contribution in [1.29, 1.82) is 0 Å². The second-order valence-corrected chi connectivity index (χ2v) is 6.58. The van der Waals surface area contributed by atoms with Crippen LogP contribution in [0.25, 0.3) is 0 Å². The fourth-order valence-electron chi connectivity index (χ4n) is 4.01. The zero-order valence-electron chi connectivity index (χ0n) is 12.8. The number of carbonyl (C=O) groups is 3. The van der Waals surface area contributed by atoms with Crippen molar-refractivity contribution < 1.29 is 14.4 Å². The number of anilines is 1. The molecule has 6 heteroatoms. The first kappa shape index (κ1) is 14.4. The minimum absolute atomic E-state index is 0.0662. The summed E-state index contributed by atoms with van der Waals surface area (Å²) < 4.78 is 0. The van der Waals surface area contributed by atoms with Crippen molar-refractivity contribution in [2.45, 2.75) is 31.7 Å². The van der Waals surface area contributed by atoms with Crippen LogP contribution in [0.5, 0.6) is 0 Å². The van der Waals surface area contributed by atoms with Crippen LogP contribution >= 0.6 is 0 Å². The molecular formula is C17H19N3O3. The van der Waals surface area contributed by atoms with E-state index >= 15 is 0 Å². The monoisotopic (exact) mass is 313 g/mol. The van der Waals surface area contributed by atoms with Gasteiger partial charge in [-0.25, -0.2) is 0 Å². The second-order valence-electron chi connectivity index (χ2n) is 6.58. The van der Waals surface area contributed by atoms with Gasteiger partial charge >= 0.3 is 0 Å². The molecule has 0 saturated carbocycles. The molecule has 3 N–H and O–H groups in total. The van der Waals surface area contributed by atoms with E-state index in [2.05, 4.69) is 16.0 Å². The molecule has 2 saturated heterocycles. The molecule has 0 aromatic heterocycles. The summed E-state index contributed by atoms with van der Waals surface area (Å²) in [6.45, 7) is 1.50. The Morgan fingerprint density at radius 3 is 2.83 bits per heavy atom. The van der Waals surface area contributed by atoms with E-state index in [0.29, 0.717) is 31.4 Å². The van der Waals surface area contributed by atoms with Crippen LogP contribution in [0.1, 0.15) is 35.2 Å². The van der Waals surface area contributed by atoms with Crippen LogP contribution in [0.4, 0.5) is 5.69 Å². The van der Waals surface area contributed by atoms with Crippen molar-refractivity contribution in [3.63, 3.8) is 0 Å². The minimum Gasteiger partial charge on any atom is -0.384 e. The van der Waals surface area contributed by atoms with Gasteiger partial charge in [0.1, 0.15) is 0 Å². The van der Waals surface area contributed by atoms with E-state index in [9.17, 15) is 14.4 Å². The molecule has 3 aliphatic heterocycles. The molecule has 6 nitrogen and oxygen atoms in total. The molecule has 2 atom stereocenters. The standard InChI is InChI=1S/C17H19N3O3/c21-13-3-5-17(16(23)20-13)6-8-19-15(17)14(22)11-2-1-10-4-7-18-12(10)9-11/h1-2,9,15,18-19H,3-8H2,(H,20,21,23). The fourth-order valence-corrected chi connectivity index (χ4v) is 4.01. The zero-order chi connectivity index (χ0) is 16.0. The van der Waals surface area contributed by atoms with Gasteiger partial charge in [0.2, 0.25) is 11.8 Å². The van der Waals surface area contributed by atoms with Crippen LogP contribution in [-0.4, -0.2) is 36.7 Å². The van der Waals surface area contributed by atoms with Gasteiger partial charge in [-0.1, -0.05) is 12.1 Å². The summed E-state index contributed by atoms with van der Waals surface area (Å²) in [5, 5.41) is 8.87. The van der Waals surface area contributed by atoms with Crippen molar-refractivity contribution in [2.24, 2.45) is 5.41 Å². The number of amides is 2. The molecular weight excluding hydrogens is 294 g/mol. The van der Waals surface area contributed by atoms with E-state index in [1.54, 1.807) is 0 Å². The number of fused-ring (bicyclic) bond motifs is 1. The molecule has 120 valence electrons. The molecule has 0 bridgehead atoms. The number of benzene rings is 1. The van der Waals surface area contributed by atoms with Crippen LogP contribution in [-0.2, 0) is 16.0 Å². The zero-order valence-corrected chi connectivity index (χ0v) is 12.8. The molecule has 2 fully saturated rings. The van der Waals surface area contributed by atoms with Crippen molar-refractivity contribution in [1.82, 2.24) is 10.6 Å². The number of ketones is 1. The van der Waals surface area contributed by atoms with Crippen LogP contribution in [0.3, 0.4) is 0 Å². The van der Waals surface area contributed by atoms with Crippen LogP contribution in [0.2, 0.25) is 0 Å². The SMILES string of the molecule is O=C1CCC2(CCNC2C(=O)c2ccc3c(c2)NCC3)C(=O)N1. The Kier molecular flexibility index (Phi) is 3.23. The second kappa shape index (κ2) is 5.16. The third kappa shape index (κ3) is 2.16. The Bertz CT molecular complexity index is 715.